The Morgan fingerprint density at radius 1 is 1.47 bits per heavy atom. The lowest BCUT2D eigenvalue weighted by Gasteiger charge is -2.31. The van der Waals surface area contributed by atoms with Crippen LogP contribution in [0.4, 0.5) is 0 Å². The van der Waals surface area contributed by atoms with E-state index in [9.17, 15) is 0 Å². The second kappa shape index (κ2) is 6.24. The molecule has 4 heteroatoms. The SMILES string of the molecule is CCN1CCOC(COc2ccccc2Cl)C1. The van der Waals surface area contributed by atoms with Crippen LogP contribution in [0.25, 0.3) is 0 Å². The van der Waals surface area contributed by atoms with Crippen LogP contribution in [0, 0.1) is 0 Å². The predicted octanol–water partition coefficient (Wildman–Crippen LogP) is 2.44. The van der Waals surface area contributed by atoms with E-state index in [0.29, 0.717) is 11.6 Å². The van der Waals surface area contributed by atoms with Crippen LogP contribution in [0.3, 0.4) is 0 Å². The van der Waals surface area contributed by atoms with Crippen molar-refractivity contribution in [1.82, 2.24) is 4.90 Å². The van der Waals surface area contributed by atoms with Gasteiger partial charge in [-0.3, -0.25) is 4.90 Å². The zero-order chi connectivity index (χ0) is 12.1. The Morgan fingerprint density at radius 3 is 3.06 bits per heavy atom. The molecule has 1 aliphatic heterocycles. The van der Waals surface area contributed by atoms with Gasteiger partial charge < -0.3 is 9.47 Å². The zero-order valence-corrected chi connectivity index (χ0v) is 10.8. The van der Waals surface area contributed by atoms with E-state index >= 15 is 0 Å². The minimum atomic E-state index is 0.139. The van der Waals surface area contributed by atoms with Crippen molar-refractivity contribution in [3.05, 3.63) is 29.3 Å². The number of halogens is 1. The highest BCUT2D eigenvalue weighted by Gasteiger charge is 2.19. The molecule has 1 atom stereocenters. The Labute approximate surface area is 107 Å². The highest BCUT2D eigenvalue weighted by Crippen LogP contribution is 2.23. The first-order valence-corrected chi connectivity index (χ1v) is 6.38. The summed E-state index contributed by atoms with van der Waals surface area (Å²) in [6, 6.07) is 7.52. The highest BCUT2D eigenvalue weighted by molar-refractivity contribution is 6.32. The molecular weight excluding hydrogens is 238 g/mol. The maximum atomic E-state index is 6.02. The first-order chi connectivity index (χ1) is 8.29. The van der Waals surface area contributed by atoms with Crippen molar-refractivity contribution in [2.75, 3.05) is 32.8 Å². The van der Waals surface area contributed by atoms with Crippen molar-refractivity contribution in [2.45, 2.75) is 13.0 Å². The molecule has 0 radical (unpaired) electrons. The molecule has 0 spiro atoms. The first kappa shape index (κ1) is 12.7. The molecule has 0 N–H and O–H groups in total. The molecule has 0 aromatic heterocycles. The van der Waals surface area contributed by atoms with Gasteiger partial charge in [0.15, 0.2) is 0 Å². The summed E-state index contributed by atoms with van der Waals surface area (Å²) in [5, 5.41) is 0.649. The standard InChI is InChI=1S/C13H18ClNO2/c1-2-15-7-8-16-11(9-15)10-17-13-6-4-3-5-12(13)14/h3-6,11H,2,7-10H2,1H3. The third-order valence-electron chi connectivity index (χ3n) is 2.93. The number of ether oxygens (including phenoxy) is 2. The summed E-state index contributed by atoms with van der Waals surface area (Å²) >= 11 is 6.02. The average molecular weight is 256 g/mol. The smallest absolute Gasteiger partial charge is 0.138 e. The molecule has 3 nitrogen and oxygen atoms in total. The minimum absolute atomic E-state index is 0.139. The van der Waals surface area contributed by atoms with Gasteiger partial charge in [0.2, 0.25) is 0 Å². The van der Waals surface area contributed by atoms with Crippen molar-refractivity contribution in [2.24, 2.45) is 0 Å². The maximum absolute atomic E-state index is 6.02. The predicted molar refractivity (Wildman–Crippen MR) is 68.8 cm³/mol. The summed E-state index contributed by atoms with van der Waals surface area (Å²) in [6.45, 7) is 6.51. The molecule has 0 bridgehead atoms. The third kappa shape index (κ3) is 3.60. The molecule has 0 amide bonds. The largest absolute Gasteiger partial charge is 0.489 e. The van der Waals surface area contributed by atoms with E-state index in [1.807, 2.05) is 24.3 Å². The van der Waals surface area contributed by atoms with Gasteiger partial charge in [-0.2, -0.15) is 0 Å². The average Bonchev–Trinajstić information content (AvgIpc) is 2.38. The van der Waals surface area contributed by atoms with E-state index in [1.54, 1.807) is 0 Å². The van der Waals surface area contributed by atoms with Crippen molar-refractivity contribution in [3.63, 3.8) is 0 Å². The lowest BCUT2D eigenvalue weighted by atomic mass is 10.3. The molecule has 1 aliphatic rings. The Bertz CT molecular complexity index is 359. The van der Waals surface area contributed by atoms with Crippen molar-refractivity contribution in [1.29, 1.82) is 0 Å². The summed E-state index contributed by atoms with van der Waals surface area (Å²) in [7, 11) is 0. The van der Waals surface area contributed by atoms with Crippen LogP contribution < -0.4 is 4.74 Å². The third-order valence-corrected chi connectivity index (χ3v) is 3.24. The van der Waals surface area contributed by atoms with Gasteiger partial charge in [-0.05, 0) is 18.7 Å². The molecule has 1 saturated heterocycles. The Morgan fingerprint density at radius 2 is 2.29 bits per heavy atom. The molecule has 1 aromatic carbocycles. The summed E-state index contributed by atoms with van der Waals surface area (Å²) in [5.74, 6) is 0.728. The maximum Gasteiger partial charge on any atom is 0.138 e. The van der Waals surface area contributed by atoms with Gasteiger partial charge in [-0.25, -0.2) is 0 Å². The summed E-state index contributed by atoms with van der Waals surface area (Å²) < 4.78 is 11.3. The minimum Gasteiger partial charge on any atom is -0.489 e. The molecule has 0 saturated carbocycles. The lowest BCUT2D eigenvalue weighted by Crippen LogP contribution is -2.44. The number of para-hydroxylation sites is 1. The first-order valence-electron chi connectivity index (χ1n) is 6.01. The van der Waals surface area contributed by atoms with Gasteiger partial charge in [-0.15, -0.1) is 0 Å². The molecule has 1 fully saturated rings. The quantitative estimate of drug-likeness (QED) is 0.825. The Balaban J connectivity index is 1.84. The van der Waals surface area contributed by atoms with E-state index in [2.05, 4.69) is 11.8 Å². The van der Waals surface area contributed by atoms with Crippen LogP contribution in [0.2, 0.25) is 5.02 Å². The molecule has 1 aromatic rings. The van der Waals surface area contributed by atoms with Crippen LogP contribution >= 0.6 is 11.6 Å². The second-order valence-electron chi connectivity index (χ2n) is 4.13. The topological polar surface area (TPSA) is 21.7 Å². The molecule has 94 valence electrons. The van der Waals surface area contributed by atoms with Crippen LogP contribution in [-0.4, -0.2) is 43.9 Å². The number of morpholine rings is 1. The van der Waals surface area contributed by atoms with Crippen molar-refractivity contribution >= 4 is 11.6 Å². The van der Waals surface area contributed by atoms with E-state index in [0.717, 1.165) is 32.0 Å². The highest BCUT2D eigenvalue weighted by atomic mass is 35.5. The van der Waals surface area contributed by atoms with Crippen LogP contribution in [0.15, 0.2) is 24.3 Å². The van der Waals surface area contributed by atoms with Gasteiger partial charge in [0.1, 0.15) is 18.5 Å². The number of hydrogen-bond acceptors (Lipinski definition) is 3. The molecule has 0 aliphatic carbocycles. The zero-order valence-electron chi connectivity index (χ0n) is 10.1. The molecular formula is C13H18ClNO2. The monoisotopic (exact) mass is 255 g/mol. The van der Waals surface area contributed by atoms with E-state index in [1.165, 1.54) is 0 Å². The number of nitrogens with zero attached hydrogens (tertiary/aromatic N) is 1. The van der Waals surface area contributed by atoms with E-state index < -0.39 is 0 Å². The van der Waals surface area contributed by atoms with Gasteiger partial charge in [0.25, 0.3) is 0 Å². The normalized spacial score (nSPS) is 21.4. The second-order valence-corrected chi connectivity index (χ2v) is 4.53. The molecule has 1 heterocycles. The van der Waals surface area contributed by atoms with Crippen molar-refractivity contribution < 1.29 is 9.47 Å². The van der Waals surface area contributed by atoms with E-state index in [-0.39, 0.29) is 6.10 Å². The number of rotatable bonds is 4. The summed E-state index contributed by atoms with van der Waals surface area (Å²) in [5.41, 5.74) is 0. The van der Waals surface area contributed by atoms with Gasteiger partial charge >= 0.3 is 0 Å². The van der Waals surface area contributed by atoms with Crippen LogP contribution in [-0.2, 0) is 4.74 Å². The Hall–Kier alpha value is -0.770. The number of hydrogen-bond donors (Lipinski definition) is 0. The summed E-state index contributed by atoms with van der Waals surface area (Å²) in [4.78, 5) is 2.37. The Kier molecular flexibility index (Phi) is 4.66. The van der Waals surface area contributed by atoms with Gasteiger partial charge in [-0.1, -0.05) is 30.7 Å². The van der Waals surface area contributed by atoms with E-state index in [4.69, 9.17) is 21.1 Å². The lowest BCUT2D eigenvalue weighted by molar-refractivity contribution is -0.0463. The fourth-order valence-electron chi connectivity index (χ4n) is 1.91. The number of likely N-dealkylation sites (N-methyl/N-ethyl adjacent to an activating group) is 1. The molecule has 1 unspecified atom stereocenters. The molecule has 2 rings (SSSR count). The van der Waals surface area contributed by atoms with Crippen molar-refractivity contribution in [3.8, 4) is 5.75 Å². The fourth-order valence-corrected chi connectivity index (χ4v) is 2.10. The van der Waals surface area contributed by atoms with Gasteiger partial charge in [0.05, 0.1) is 11.6 Å². The summed E-state index contributed by atoms with van der Waals surface area (Å²) in [6.07, 6.45) is 0.139. The number of benzene rings is 1. The van der Waals surface area contributed by atoms with Crippen LogP contribution in [0.1, 0.15) is 6.92 Å². The van der Waals surface area contributed by atoms with Gasteiger partial charge in [0, 0.05) is 13.1 Å². The van der Waals surface area contributed by atoms with Crippen LogP contribution in [0.5, 0.6) is 5.75 Å². The fraction of sp³-hybridized carbons (Fsp3) is 0.538. The molecule has 17 heavy (non-hydrogen) atoms.